The summed E-state index contributed by atoms with van der Waals surface area (Å²) in [5.74, 6) is -0.743. The van der Waals surface area contributed by atoms with Crippen LogP contribution in [0.1, 0.15) is 21.5 Å². The first-order chi connectivity index (χ1) is 10.4. The summed E-state index contributed by atoms with van der Waals surface area (Å²) in [6.45, 7) is 3.64. The van der Waals surface area contributed by atoms with Crippen molar-refractivity contribution in [1.82, 2.24) is 0 Å². The quantitative estimate of drug-likeness (QED) is 0.795. The second-order valence-corrected chi connectivity index (χ2v) is 7.24. The first-order valence-corrected chi connectivity index (χ1v) is 8.57. The van der Waals surface area contributed by atoms with Crippen LogP contribution < -0.4 is 0 Å². The molecule has 4 nitrogen and oxygen atoms in total. The molecule has 0 spiro atoms. The number of esters is 1. The highest BCUT2D eigenvalue weighted by Crippen LogP contribution is 2.12. The molecule has 0 unspecified atom stereocenters. The SMILES string of the molecule is Cc1ccc(C(=O)OCCS(=O)(=O)c2ccc(C)cc2)cc1. The summed E-state index contributed by atoms with van der Waals surface area (Å²) in [7, 11) is -3.44. The predicted octanol–water partition coefficient (Wildman–Crippen LogP) is 2.93. The van der Waals surface area contributed by atoms with Gasteiger partial charge < -0.3 is 4.74 Å². The lowest BCUT2D eigenvalue weighted by Gasteiger charge is -2.07. The van der Waals surface area contributed by atoms with Crippen molar-refractivity contribution in [3.05, 3.63) is 65.2 Å². The topological polar surface area (TPSA) is 60.4 Å². The van der Waals surface area contributed by atoms with E-state index in [2.05, 4.69) is 0 Å². The zero-order chi connectivity index (χ0) is 16.2. The highest BCUT2D eigenvalue weighted by atomic mass is 32.2. The molecule has 0 atom stereocenters. The lowest BCUT2D eigenvalue weighted by atomic mass is 10.1. The molecule has 0 saturated heterocycles. The van der Waals surface area contributed by atoms with Gasteiger partial charge in [-0.2, -0.15) is 0 Å². The van der Waals surface area contributed by atoms with Crippen molar-refractivity contribution in [2.45, 2.75) is 18.7 Å². The molecule has 0 heterocycles. The predicted molar refractivity (Wildman–Crippen MR) is 84.7 cm³/mol. The van der Waals surface area contributed by atoms with Crippen LogP contribution in [-0.2, 0) is 14.6 Å². The number of hydrogen-bond acceptors (Lipinski definition) is 4. The first-order valence-electron chi connectivity index (χ1n) is 6.92. The zero-order valence-corrected chi connectivity index (χ0v) is 13.4. The monoisotopic (exact) mass is 318 g/mol. The van der Waals surface area contributed by atoms with Gasteiger partial charge in [-0.15, -0.1) is 0 Å². The van der Waals surface area contributed by atoms with Gasteiger partial charge in [0.2, 0.25) is 0 Å². The molecule has 0 saturated carbocycles. The molecule has 0 amide bonds. The Morgan fingerprint density at radius 2 is 1.41 bits per heavy atom. The maximum absolute atomic E-state index is 12.1. The molecule has 0 aliphatic rings. The van der Waals surface area contributed by atoms with Crippen LogP contribution >= 0.6 is 0 Å². The molecule has 2 rings (SSSR count). The lowest BCUT2D eigenvalue weighted by Crippen LogP contribution is -2.15. The van der Waals surface area contributed by atoms with E-state index in [1.54, 1.807) is 48.5 Å². The van der Waals surface area contributed by atoms with Crippen LogP contribution in [0.15, 0.2) is 53.4 Å². The number of aryl methyl sites for hydroxylation is 2. The van der Waals surface area contributed by atoms with Crippen LogP contribution in [0.3, 0.4) is 0 Å². The molecular weight excluding hydrogens is 300 g/mol. The third-order valence-electron chi connectivity index (χ3n) is 3.25. The Morgan fingerprint density at radius 3 is 1.95 bits per heavy atom. The second-order valence-electron chi connectivity index (χ2n) is 5.13. The molecule has 0 N–H and O–H groups in total. The Hall–Kier alpha value is -2.14. The third kappa shape index (κ3) is 4.18. The maximum Gasteiger partial charge on any atom is 0.338 e. The van der Waals surface area contributed by atoms with Crippen LogP contribution in [-0.4, -0.2) is 26.7 Å². The average Bonchev–Trinajstić information content (AvgIpc) is 2.48. The summed E-state index contributed by atoms with van der Waals surface area (Å²) in [6.07, 6.45) is 0. The van der Waals surface area contributed by atoms with Gasteiger partial charge in [-0.25, -0.2) is 13.2 Å². The molecule has 2 aromatic rings. The van der Waals surface area contributed by atoms with Gasteiger partial charge in [0.1, 0.15) is 6.61 Å². The summed E-state index contributed by atoms with van der Waals surface area (Å²) < 4.78 is 29.3. The van der Waals surface area contributed by atoms with E-state index in [0.29, 0.717) is 5.56 Å². The second kappa shape index (κ2) is 6.75. The van der Waals surface area contributed by atoms with Crippen LogP contribution in [0, 0.1) is 13.8 Å². The molecule has 0 fully saturated rings. The van der Waals surface area contributed by atoms with E-state index < -0.39 is 15.8 Å². The Morgan fingerprint density at radius 1 is 0.909 bits per heavy atom. The fraction of sp³-hybridized carbons (Fsp3) is 0.235. The average molecular weight is 318 g/mol. The number of ether oxygens (including phenoxy) is 1. The molecule has 5 heteroatoms. The van der Waals surface area contributed by atoms with Crippen LogP contribution in [0.25, 0.3) is 0 Å². The molecule has 0 aliphatic carbocycles. The molecule has 0 aliphatic heterocycles. The van der Waals surface area contributed by atoms with Crippen molar-refractivity contribution in [1.29, 1.82) is 0 Å². The normalized spacial score (nSPS) is 11.2. The smallest absolute Gasteiger partial charge is 0.338 e. The highest BCUT2D eigenvalue weighted by Gasteiger charge is 2.15. The van der Waals surface area contributed by atoms with Gasteiger partial charge in [-0.05, 0) is 38.1 Å². The van der Waals surface area contributed by atoms with Crippen molar-refractivity contribution in [2.24, 2.45) is 0 Å². The van der Waals surface area contributed by atoms with Crippen molar-refractivity contribution in [3.8, 4) is 0 Å². The molecule has 0 bridgehead atoms. The van der Waals surface area contributed by atoms with Gasteiger partial charge in [-0.3, -0.25) is 0 Å². The van der Waals surface area contributed by atoms with Crippen LogP contribution in [0.2, 0.25) is 0 Å². The zero-order valence-electron chi connectivity index (χ0n) is 12.6. The van der Waals surface area contributed by atoms with E-state index in [1.807, 2.05) is 13.8 Å². The molecular formula is C17H18O4S. The number of benzene rings is 2. The standard InChI is InChI=1S/C17H18O4S/c1-13-3-7-15(8-4-13)17(18)21-11-12-22(19,20)16-9-5-14(2)6-10-16/h3-10H,11-12H2,1-2H3. The van der Waals surface area contributed by atoms with Gasteiger partial charge >= 0.3 is 5.97 Å². The summed E-state index contributed by atoms with van der Waals surface area (Å²) in [4.78, 5) is 12.0. The number of sulfone groups is 1. The van der Waals surface area contributed by atoms with E-state index in [4.69, 9.17) is 4.74 Å². The fourth-order valence-corrected chi connectivity index (χ4v) is 2.97. The van der Waals surface area contributed by atoms with E-state index in [9.17, 15) is 13.2 Å². The van der Waals surface area contributed by atoms with Crippen LogP contribution in [0.4, 0.5) is 0 Å². The maximum atomic E-state index is 12.1. The molecule has 22 heavy (non-hydrogen) atoms. The number of rotatable bonds is 5. The number of carbonyl (C=O) groups excluding carboxylic acids is 1. The van der Waals surface area contributed by atoms with Gasteiger partial charge in [0.05, 0.1) is 16.2 Å². The molecule has 2 aromatic carbocycles. The van der Waals surface area contributed by atoms with Crippen molar-refractivity contribution >= 4 is 15.8 Å². The van der Waals surface area contributed by atoms with Gasteiger partial charge in [0.25, 0.3) is 0 Å². The highest BCUT2D eigenvalue weighted by molar-refractivity contribution is 7.91. The van der Waals surface area contributed by atoms with Crippen molar-refractivity contribution in [2.75, 3.05) is 12.4 Å². The summed E-state index contributed by atoms with van der Waals surface area (Å²) in [6, 6.07) is 13.5. The van der Waals surface area contributed by atoms with Crippen LogP contribution in [0.5, 0.6) is 0 Å². The van der Waals surface area contributed by atoms with E-state index in [0.717, 1.165) is 11.1 Å². The summed E-state index contributed by atoms with van der Waals surface area (Å²) >= 11 is 0. The molecule has 116 valence electrons. The number of carbonyl (C=O) groups is 1. The molecule has 0 aromatic heterocycles. The Kier molecular flexibility index (Phi) is 4.98. The first kappa shape index (κ1) is 16.2. The van der Waals surface area contributed by atoms with Crippen molar-refractivity contribution < 1.29 is 17.9 Å². The minimum atomic E-state index is -3.44. The Labute approximate surface area is 130 Å². The Bertz CT molecular complexity index is 744. The third-order valence-corrected chi connectivity index (χ3v) is 4.95. The van der Waals surface area contributed by atoms with E-state index >= 15 is 0 Å². The molecule has 0 radical (unpaired) electrons. The van der Waals surface area contributed by atoms with Gasteiger partial charge in [0.15, 0.2) is 9.84 Å². The minimum Gasteiger partial charge on any atom is -0.461 e. The Balaban J connectivity index is 1.94. The lowest BCUT2D eigenvalue weighted by molar-refractivity contribution is 0.0529. The summed E-state index contributed by atoms with van der Waals surface area (Å²) in [5.41, 5.74) is 2.45. The minimum absolute atomic E-state index is 0.164. The van der Waals surface area contributed by atoms with Gasteiger partial charge in [-0.1, -0.05) is 35.4 Å². The largest absolute Gasteiger partial charge is 0.461 e. The summed E-state index contributed by atoms with van der Waals surface area (Å²) in [5, 5.41) is 0. The van der Waals surface area contributed by atoms with E-state index in [-0.39, 0.29) is 17.3 Å². The fourth-order valence-electron chi connectivity index (χ4n) is 1.88. The number of hydrogen-bond donors (Lipinski definition) is 0. The van der Waals surface area contributed by atoms with E-state index in [1.165, 1.54) is 0 Å². The van der Waals surface area contributed by atoms with Gasteiger partial charge in [0, 0.05) is 0 Å². The van der Waals surface area contributed by atoms with Crippen molar-refractivity contribution in [3.63, 3.8) is 0 Å².